The lowest BCUT2D eigenvalue weighted by Crippen LogP contribution is -2.26. The zero-order chi connectivity index (χ0) is 38.4. The summed E-state index contributed by atoms with van der Waals surface area (Å²) in [4.78, 5) is 58.2. The van der Waals surface area contributed by atoms with Gasteiger partial charge in [-0.15, -0.1) is 0 Å². The van der Waals surface area contributed by atoms with E-state index in [1.807, 2.05) is 39.0 Å². The molecule has 0 spiro atoms. The van der Waals surface area contributed by atoms with Crippen LogP contribution in [0, 0.1) is 13.8 Å². The van der Waals surface area contributed by atoms with E-state index in [2.05, 4.69) is 48.7 Å². The monoisotopic (exact) mass is 721 g/mol. The van der Waals surface area contributed by atoms with Gasteiger partial charge in [-0.3, -0.25) is 14.6 Å². The van der Waals surface area contributed by atoms with Gasteiger partial charge in [-0.2, -0.15) is 0 Å². The number of ether oxygens (including phenoxy) is 2. The molecular weight excluding hydrogens is 667 g/mol. The van der Waals surface area contributed by atoms with Gasteiger partial charge >= 0.3 is 11.9 Å². The summed E-state index contributed by atoms with van der Waals surface area (Å²) in [7, 11) is 2.69. The van der Waals surface area contributed by atoms with E-state index in [4.69, 9.17) is 19.4 Å². The van der Waals surface area contributed by atoms with Crippen LogP contribution in [0.25, 0.3) is 39.3 Å². The van der Waals surface area contributed by atoms with Crippen molar-refractivity contribution in [3.8, 4) is 0 Å². The number of fused-ring (bicyclic) bond motifs is 8. The zero-order valence-electron chi connectivity index (χ0n) is 32.7. The molecule has 2 atom stereocenters. The Labute approximate surface area is 312 Å². The van der Waals surface area contributed by atoms with E-state index in [0.717, 1.165) is 75.7 Å². The van der Waals surface area contributed by atoms with Crippen LogP contribution in [0.4, 0.5) is 0 Å². The van der Waals surface area contributed by atoms with Crippen molar-refractivity contribution in [3.63, 3.8) is 0 Å². The number of aromatic amines is 2. The summed E-state index contributed by atoms with van der Waals surface area (Å²) in [5.41, 5.74) is 10.9. The van der Waals surface area contributed by atoms with E-state index in [0.29, 0.717) is 35.5 Å². The van der Waals surface area contributed by atoms with Gasteiger partial charge in [0.1, 0.15) is 5.56 Å². The number of unbranched alkanes of at least 4 members (excludes halogenated alkanes) is 5. The summed E-state index contributed by atoms with van der Waals surface area (Å²) in [5, 5.41) is 3.12. The van der Waals surface area contributed by atoms with Crippen LogP contribution >= 0.6 is 0 Å². The number of hydrogen-bond acceptors (Lipinski definition) is 7. The standard InChI is InChI=1S/C43H55N5O5/c1-10-13-14-15-16-17-20-44-42(50)38-27(7)34-23-36-29(12-3)25(5)32(46-36)22-35-28(11-2)24(4)31(45-35)21-33-26(6)30(18-19-37(49)52-8)40(47-33)39(41(38)48-34)43(51)53-9/h11,21-23,26,30,45-46H,2,10,12-20H2,1,3-9H3,(H,44,50)/t26-,30-/m0/s1. The van der Waals surface area contributed by atoms with Crippen LogP contribution in [0.3, 0.4) is 0 Å². The number of hydrogen-bond donors (Lipinski definition) is 3. The lowest BCUT2D eigenvalue weighted by Gasteiger charge is -2.18. The molecule has 3 aromatic heterocycles. The molecule has 8 bridgehead atoms. The summed E-state index contributed by atoms with van der Waals surface area (Å²) < 4.78 is 10.4. The number of rotatable bonds is 14. The van der Waals surface area contributed by atoms with E-state index >= 15 is 0 Å². The maximum Gasteiger partial charge on any atom is 0.341 e. The molecule has 1 amide bonds. The fourth-order valence-corrected chi connectivity index (χ4v) is 7.72. The molecule has 2 aliphatic heterocycles. The van der Waals surface area contributed by atoms with Crippen molar-refractivity contribution < 1.29 is 23.9 Å². The fourth-order valence-electron chi connectivity index (χ4n) is 7.72. The third-order valence-corrected chi connectivity index (χ3v) is 10.9. The van der Waals surface area contributed by atoms with Crippen molar-refractivity contribution in [2.75, 3.05) is 20.8 Å². The number of nitrogens with zero attached hydrogens (tertiary/aromatic N) is 2. The number of amides is 1. The minimum atomic E-state index is -0.649. The molecule has 0 saturated carbocycles. The molecule has 0 saturated heterocycles. The highest BCUT2D eigenvalue weighted by molar-refractivity contribution is 6.28. The number of carbonyl (C=O) groups is 3. The minimum absolute atomic E-state index is 0.125. The summed E-state index contributed by atoms with van der Waals surface area (Å²) in [6.45, 7) is 17.0. The number of aromatic nitrogens is 4. The van der Waals surface area contributed by atoms with E-state index in [1.54, 1.807) is 0 Å². The molecule has 0 radical (unpaired) electrons. The Balaban J connectivity index is 1.85. The van der Waals surface area contributed by atoms with Crippen molar-refractivity contribution in [2.24, 2.45) is 0 Å². The first-order valence-corrected chi connectivity index (χ1v) is 19.0. The van der Waals surface area contributed by atoms with Gasteiger partial charge in [0.2, 0.25) is 0 Å². The smallest absolute Gasteiger partial charge is 0.341 e. The Hall–Kier alpha value is -4.99. The van der Waals surface area contributed by atoms with Crippen molar-refractivity contribution in [1.82, 2.24) is 25.3 Å². The van der Waals surface area contributed by atoms with Gasteiger partial charge in [0.25, 0.3) is 5.91 Å². The van der Waals surface area contributed by atoms with Gasteiger partial charge < -0.3 is 24.8 Å². The molecule has 0 fully saturated rings. The fraction of sp³-hybridized carbons (Fsp3) is 0.465. The van der Waals surface area contributed by atoms with Gasteiger partial charge in [0, 0.05) is 58.1 Å². The minimum Gasteiger partial charge on any atom is -0.469 e. The highest BCUT2D eigenvalue weighted by atomic mass is 16.5. The van der Waals surface area contributed by atoms with Crippen molar-refractivity contribution in [3.05, 3.63) is 75.4 Å². The Bertz CT molecular complexity index is 2100. The number of methoxy groups -OCH3 is 2. The third kappa shape index (κ3) is 8.01. The second-order valence-electron chi connectivity index (χ2n) is 14.2. The molecule has 0 unspecified atom stereocenters. The Morgan fingerprint density at radius 3 is 2.26 bits per heavy atom. The molecule has 0 aliphatic carbocycles. The molecule has 0 aromatic carbocycles. The highest BCUT2D eigenvalue weighted by Gasteiger charge is 2.37. The first-order valence-electron chi connectivity index (χ1n) is 19.0. The predicted molar refractivity (Wildman–Crippen MR) is 213 cm³/mol. The van der Waals surface area contributed by atoms with Gasteiger partial charge in [-0.1, -0.05) is 65.5 Å². The van der Waals surface area contributed by atoms with E-state index in [1.165, 1.54) is 33.5 Å². The quantitative estimate of drug-likeness (QED) is 0.111. The van der Waals surface area contributed by atoms with Gasteiger partial charge in [0.15, 0.2) is 0 Å². The van der Waals surface area contributed by atoms with Gasteiger partial charge in [-0.05, 0) is 80.5 Å². The average Bonchev–Trinajstić information content (AvgIpc) is 3.82. The van der Waals surface area contributed by atoms with Crippen LogP contribution in [-0.4, -0.2) is 58.5 Å². The maximum absolute atomic E-state index is 14.2. The van der Waals surface area contributed by atoms with Crippen molar-refractivity contribution in [1.29, 1.82) is 0 Å². The Morgan fingerprint density at radius 1 is 0.887 bits per heavy atom. The van der Waals surface area contributed by atoms with E-state index in [-0.39, 0.29) is 41.4 Å². The van der Waals surface area contributed by atoms with Gasteiger partial charge in [-0.25, -0.2) is 9.78 Å². The SMILES string of the molecule is C=Cc1c(C)c2cc3nc(c(C(=O)OC)c4nc(cc5[nH]c(cc1[nH]2)c(C)c5CC)C(C)=C4C(=O)NCCCCCCCC)[C@@H](CCC(=O)OC)[C@@H]3C. The third-order valence-electron chi connectivity index (χ3n) is 10.9. The summed E-state index contributed by atoms with van der Waals surface area (Å²) in [5.74, 6) is -1.87. The molecule has 282 valence electrons. The molecule has 10 nitrogen and oxygen atoms in total. The van der Waals surface area contributed by atoms with E-state index < -0.39 is 5.97 Å². The largest absolute Gasteiger partial charge is 0.469 e. The van der Waals surface area contributed by atoms with Crippen molar-refractivity contribution >= 4 is 57.1 Å². The Kier molecular flexibility index (Phi) is 12.7. The molecule has 2 aliphatic rings. The maximum atomic E-state index is 14.2. The molecule has 5 heterocycles. The van der Waals surface area contributed by atoms with Crippen molar-refractivity contribution in [2.45, 2.75) is 111 Å². The normalized spacial score (nSPS) is 15.4. The predicted octanol–water partition coefficient (Wildman–Crippen LogP) is 9.17. The first kappa shape index (κ1) is 39.2. The Morgan fingerprint density at radius 2 is 1.58 bits per heavy atom. The zero-order valence-corrected chi connectivity index (χ0v) is 32.7. The lowest BCUT2D eigenvalue weighted by molar-refractivity contribution is -0.140. The van der Waals surface area contributed by atoms with Gasteiger partial charge in [0.05, 0.1) is 36.9 Å². The number of esters is 2. The average molecular weight is 722 g/mol. The van der Waals surface area contributed by atoms with Crippen LogP contribution in [-0.2, 0) is 25.5 Å². The molecular formula is C43H55N5O5. The summed E-state index contributed by atoms with van der Waals surface area (Å²) in [6, 6.07) is 6.08. The second-order valence-corrected chi connectivity index (χ2v) is 14.2. The molecule has 3 N–H and O–H groups in total. The number of aryl methyl sites for hydroxylation is 3. The number of nitrogens with one attached hydrogen (secondary N) is 3. The lowest BCUT2D eigenvalue weighted by atomic mass is 9.85. The van der Waals surface area contributed by atoms with Crippen LogP contribution in [0.15, 0.2) is 24.8 Å². The van der Waals surface area contributed by atoms with Crippen LogP contribution in [0.5, 0.6) is 0 Å². The van der Waals surface area contributed by atoms with Crippen LogP contribution in [0.2, 0.25) is 0 Å². The van der Waals surface area contributed by atoms with E-state index in [9.17, 15) is 14.4 Å². The topological polar surface area (TPSA) is 139 Å². The highest BCUT2D eigenvalue weighted by Crippen LogP contribution is 2.44. The number of allylic oxidation sites excluding steroid dienone is 1. The number of H-pyrrole nitrogens is 2. The summed E-state index contributed by atoms with van der Waals surface area (Å²) >= 11 is 0. The molecule has 3 aromatic rings. The first-order chi connectivity index (χ1) is 25.5. The van der Waals surface area contributed by atoms with Crippen LogP contribution in [0.1, 0.15) is 146 Å². The number of carbonyl (C=O) groups excluding carboxylic acids is 3. The van der Waals surface area contributed by atoms with Crippen LogP contribution < -0.4 is 5.32 Å². The molecule has 53 heavy (non-hydrogen) atoms. The summed E-state index contributed by atoms with van der Waals surface area (Å²) in [6.07, 6.45) is 9.69. The second kappa shape index (κ2) is 17.2. The molecule has 5 rings (SSSR count). The molecule has 10 heteroatoms.